The van der Waals surface area contributed by atoms with Gasteiger partial charge in [-0.05, 0) is 0 Å². The van der Waals surface area contributed by atoms with Gasteiger partial charge in [-0.15, -0.1) is 0 Å². The van der Waals surface area contributed by atoms with Crippen LogP contribution in [0.5, 0.6) is 0 Å². The van der Waals surface area contributed by atoms with Gasteiger partial charge in [-0.2, -0.15) is 0 Å². The van der Waals surface area contributed by atoms with Crippen LogP contribution in [0.25, 0.3) is 0 Å². The van der Waals surface area contributed by atoms with Gasteiger partial charge in [0.2, 0.25) is 3.79 Å². The molecule has 5 atom stereocenters. The Morgan fingerprint density at radius 3 is 2.00 bits per heavy atom. The third-order valence-corrected chi connectivity index (χ3v) is 4.45. The molecule has 0 spiro atoms. The number of alkyl halides is 4. The normalized spacial score (nSPS) is 26.8. The molecule has 0 aromatic rings. The second kappa shape index (κ2) is 11.4. The summed E-state index contributed by atoms with van der Waals surface area (Å²) in [5.41, 5.74) is 0. The smallest absolute Gasteiger partial charge is 0.407 e. The number of alkyl carbamates (subject to hydrolysis) is 1. The van der Waals surface area contributed by atoms with Crippen molar-refractivity contribution in [2.24, 2.45) is 0 Å². The molecule has 1 saturated heterocycles. The quantitative estimate of drug-likeness (QED) is 0.304. The fourth-order valence-corrected chi connectivity index (χ4v) is 3.24. The van der Waals surface area contributed by atoms with Crippen molar-refractivity contribution >= 4 is 74.7 Å². The van der Waals surface area contributed by atoms with E-state index in [9.17, 15) is 19.2 Å². The second-order valence-electron chi connectivity index (χ2n) is 5.84. The second-order valence-corrected chi connectivity index (χ2v) is 9.26. The molecular formula is C15H19BrCl3NO9. The maximum absolute atomic E-state index is 12.1. The van der Waals surface area contributed by atoms with Gasteiger partial charge >= 0.3 is 24.0 Å². The van der Waals surface area contributed by atoms with Crippen LogP contribution in [0.1, 0.15) is 20.8 Å². The number of nitrogens with one attached hydrogen (secondary N) is 1. The minimum Gasteiger partial charge on any atom is -0.463 e. The third kappa shape index (κ3) is 9.56. The molecule has 0 bridgehead atoms. The SMILES string of the molecule is CC(=O)OC[C@H]1O[C@H](Br)[C@H](NC(=O)OCC(Cl)(Cl)Cl)[C@@H](OC(C)=O)[C@@H]1OC(C)=O. The number of carbonyl (C=O) groups is 4. The average Bonchev–Trinajstić information content (AvgIpc) is 2.55. The van der Waals surface area contributed by atoms with Gasteiger partial charge in [0.05, 0.1) is 0 Å². The largest absolute Gasteiger partial charge is 0.463 e. The van der Waals surface area contributed by atoms with E-state index >= 15 is 0 Å². The van der Waals surface area contributed by atoms with Gasteiger partial charge in [0, 0.05) is 20.8 Å². The molecule has 0 aromatic carbocycles. The summed E-state index contributed by atoms with van der Waals surface area (Å²) >= 11 is 19.8. The topological polar surface area (TPSA) is 126 Å². The van der Waals surface area contributed by atoms with Crippen LogP contribution in [-0.2, 0) is 38.1 Å². The highest BCUT2D eigenvalue weighted by atomic mass is 79.9. The van der Waals surface area contributed by atoms with Crippen LogP contribution in [0.15, 0.2) is 0 Å². The minimum absolute atomic E-state index is 0.294. The van der Waals surface area contributed by atoms with Crippen LogP contribution in [0.2, 0.25) is 0 Å². The Hall–Kier alpha value is -1.01. The minimum atomic E-state index is -1.83. The highest BCUT2D eigenvalue weighted by Crippen LogP contribution is 2.30. The zero-order chi connectivity index (χ0) is 22.4. The van der Waals surface area contributed by atoms with Crippen molar-refractivity contribution in [3.8, 4) is 0 Å². The molecule has 0 unspecified atom stereocenters. The number of rotatable bonds is 6. The van der Waals surface area contributed by atoms with Crippen LogP contribution >= 0.6 is 50.7 Å². The predicted molar refractivity (Wildman–Crippen MR) is 104 cm³/mol. The maximum Gasteiger partial charge on any atom is 0.407 e. The van der Waals surface area contributed by atoms with E-state index in [4.69, 9.17) is 58.5 Å². The van der Waals surface area contributed by atoms with Crippen LogP contribution in [0, 0.1) is 0 Å². The highest BCUT2D eigenvalue weighted by Gasteiger charge is 2.50. The standard InChI is InChI=1S/C15H19BrCl3NO9/c1-6(21)25-4-9-11(27-7(2)22)12(28-8(3)23)10(13(16)29-9)20-14(24)26-5-15(17,18)19/h9-13H,4-5H2,1-3H3,(H,20,24)/t9-,10-,11-,12-,13+/m1/s1. The lowest BCUT2D eigenvalue weighted by atomic mass is 9.97. The van der Waals surface area contributed by atoms with E-state index in [0.717, 1.165) is 13.8 Å². The van der Waals surface area contributed by atoms with E-state index in [0.29, 0.717) is 0 Å². The summed E-state index contributed by atoms with van der Waals surface area (Å²) < 4.78 is 24.0. The van der Waals surface area contributed by atoms with E-state index in [2.05, 4.69) is 21.2 Å². The molecule has 29 heavy (non-hydrogen) atoms. The summed E-state index contributed by atoms with van der Waals surface area (Å²) in [7, 11) is 0. The summed E-state index contributed by atoms with van der Waals surface area (Å²) in [5, 5.41) is 1.46. The predicted octanol–water partition coefficient (Wildman–Crippen LogP) is 2.00. The molecule has 1 amide bonds. The van der Waals surface area contributed by atoms with Crippen LogP contribution in [0.4, 0.5) is 4.79 Å². The first-order chi connectivity index (χ1) is 13.3. The van der Waals surface area contributed by atoms with Crippen molar-refractivity contribution < 1.29 is 42.9 Å². The van der Waals surface area contributed by atoms with E-state index in [1.165, 1.54) is 6.92 Å². The Labute approximate surface area is 189 Å². The molecule has 1 heterocycles. The molecule has 10 nitrogen and oxygen atoms in total. The van der Waals surface area contributed by atoms with Crippen LogP contribution < -0.4 is 5.32 Å². The number of hydrogen-bond acceptors (Lipinski definition) is 9. The molecule has 166 valence electrons. The van der Waals surface area contributed by atoms with Gasteiger partial charge < -0.3 is 29.0 Å². The Balaban J connectivity index is 3.06. The van der Waals surface area contributed by atoms with Crippen molar-refractivity contribution in [2.45, 2.75) is 53.9 Å². The first-order valence-electron chi connectivity index (χ1n) is 8.07. The van der Waals surface area contributed by atoms with Crippen molar-refractivity contribution in [3.63, 3.8) is 0 Å². The van der Waals surface area contributed by atoms with E-state index in [1.54, 1.807) is 0 Å². The summed E-state index contributed by atoms with van der Waals surface area (Å²) in [6.07, 6.45) is -4.42. The van der Waals surface area contributed by atoms with Crippen molar-refractivity contribution in [1.29, 1.82) is 0 Å². The molecule has 1 rings (SSSR count). The van der Waals surface area contributed by atoms with Crippen LogP contribution in [-0.4, -0.2) is 70.4 Å². The number of halogens is 4. The molecule has 0 saturated carbocycles. The summed E-state index contributed by atoms with van der Waals surface area (Å²) in [4.78, 5) is 46.4. The highest BCUT2D eigenvalue weighted by molar-refractivity contribution is 9.09. The number of amides is 1. The molecule has 0 radical (unpaired) electrons. The molecule has 0 aliphatic carbocycles. The van der Waals surface area contributed by atoms with E-state index in [-0.39, 0.29) is 6.61 Å². The Morgan fingerprint density at radius 2 is 1.52 bits per heavy atom. The maximum atomic E-state index is 12.1. The Bertz CT molecular complexity index is 631. The lowest BCUT2D eigenvalue weighted by Gasteiger charge is -2.43. The molecule has 0 aromatic heterocycles. The third-order valence-electron chi connectivity index (χ3n) is 3.34. The fourth-order valence-electron chi connectivity index (χ4n) is 2.37. The zero-order valence-corrected chi connectivity index (χ0v) is 19.3. The summed E-state index contributed by atoms with van der Waals surface area (Å²) in [6, 6.07) is -1.07. The number of ether oxygens (including phenoxy) is 5. The van der Waals surface area contributed by atoms with Gasteiger partial charge in [0.15, 0.2) is 12.2 Å². The molecule has 1 fully saturated rings. The zero-order valence-electron chi connectivity index (χ0n) is 15.5. The lowest BCUT2D eigenvalue weighted by Crippen LogP contribution is -2.65. The number of carbonyl (C=O) groups excluding carboxylic acids is 4. The average molecular weight is 544 g/mol. The molecular weight excluding hydrogens is 524 g/mol. The molecule has 14 heteroatoms. The lowest BCUT2D eigenvalue weighted by molar-refractivity contribution is -0.210. The Morgan fingerprint density at radius 1 is 0.966 bits per heavy atom. The van der Waals surface area contributed by atoms with Crippen molar-refractivity contribution in [1.82, 2.24) is 5.32 Å². The Kier molecular flexibility index (Phi) is 10.2. The van der Waals surface area contributed by atoms with Crippen molar-refractivity contribution in [3.05, 3.63) is 0 Å². The summed E-state index contributed by atoms with van der Waals surface area (Å²) in [5.74, 6) is -2.03. The van der Waals surface area contributed by atoms with E-state index in [1.807, 2.05) is 0 Å². The van der Waals surface area contributed by atoms with Gasteiger partial charge in [-0.3, -0.25) is 14.4 Å². The first kappa shape index (κ1) is 26.0. The summed E-state index contributed by atoms with van der Waals surface area (Å²) in [6.45, 7) is 2.60. The molecule has 1 aliphatic rings. The monoisotopic (exact) mass is 541 g/mol. The number of hydrogen-bond donors (Lipinski definition) is 1. The molecule has 1 aliphatic heterocycles. The van der Waals surface area contributed by atoms with Crippen molar-refractivity contribution in [2.75, 3.05) is 13.2 Å². The molecule has 1 N–H and O–H groups in total. The van der Waals surface area contributed by atoms with E-state index < -0.39 is 63.8 Å². The first-order valence-corrected chi connectivity index (χ1v) is 10.1. The van der Waals surface area contributed by atoms with Gasteiger partial charge in [0.25, 0.3) is 0 Å². The fraction of sp³-hybridized carbons (Fsp3) is 0.733. The van der Waals surface area contributed by atoms with Crippen LogP contribution in [0.3, 0.4) is 0 Å². The van der Waals surface area contributed by atoms with Gasteiger partial charge in [-0.25, -0.2) is 4.79 Å². The van der Waals surface area contributed by atoms with Gasteiger partial charge in [0.1, 0.15) is 30.4 Å². The van der Waals surface area contributed by atoms with Gasteiger partial charge in [-0.1, -0.05) is 50.7 Å². The number of esters is 3.